The smallest absolute Gasteiger partial charge is 0.256 e. The number of carbonyl (C=O) groups is 2. The average molecular weight is 339 g/mol. The van der Waals surface area contributed by atoms with Crippen LogP contribution in [0, 0.1) is 0 Å². The summed E-state index contributed by atoms with van der Waals surface area (Å²) < 4.78 is 0. The van der Waals surface area contributed by atoms with Crippen molar-refractivity contribution in [3.8, 4) is 0 Å². The van der Waals surface area contributed by atoms with Crippen LogP contribution in [0.15, 0.2) is 36.8 Å². The van der Waals surface area contributed by atoms with E-state index >= 15 is 0 Å². The molecule has 3 heterocycles. The molecule has 0 radical (unpaired) electrons. The van der Waals surface area contributed by atoms with Gasteiger partial charge in [-0.3, -0.25) is 14.6 Å². The van der Waals surface area contributed by atoms with Gasteiger partial charge < -0.3 is 15.5 Å². The average Bonchev–Trinajstić information content (AvgIpc) is 2.65. The zero-order valence-electron chi connectivity index (χ0n) is 14.3. The van der Waals surface area contributed by atoms with E-state index in [4.69, 9.17) is 0 Å². The van der Waals surface area contributed by atoms with E-state index in [9.17, 15) is 9.59 Å². The summed E-state index contributed by atoms with van der Waals surface area (Å²) >= 11 is 0. The fraction of sp³-hybridized carbons (Fsp3) is 0.333. The van der Waals surface area contributed by atoms with E-state index in [1.54, 1.807) is 29.6 Å². The quantitative estimate of drug-likeness (QED) is 0.873. The summed E-state index contributed by atoms with van der Waals surface area (Å²) in [5.41, 5.74) is 1.96. The van der Waals surface area contributed by atoms with Gasteiger partial charge in [0.2, 0.25) is 5.91 Å². The number of hydrogen-bond donors (Lipinski definition) is 2. The molecule has 2 amide bonds. The number of amides is 2. The zero-order chi connectivity index (χ0) is 17.8. The molecule has 7 heteroatoms. The van der Waals surface area contributed by atoms with Crippen LogP contribution in [0.25, 0.3) is 0 Å². The molecule has 7 nitrogen and oxygen atoms in total. The Kier molecular flexibility index (Phi) is 4.92. The third-order valence-corrected chi connectivity index (χ3v) is 4.28. The predicted molar refractivity (Wildman–Crippen MR) is 95.2 cm³/mol. The largest absolute Gasteiger partial charge is 0.359 e. The minimum Gasteiger partial charge on any atom is -0.359 e. The van der Waals surface area contributed by atoms with E-state index in [0.29, 0.717) is 23.6 Å². The van der Waals surface area contributed by atoms with Crippen molar-refractivity contribution in [2.75, 3.05) is 17.2 Å². The highest BCUT2D eigenvalue weighted by Crippen LogP contribution is 2.24. The molecule has 0 aliphatic carbocycles. The summed E-state index contributed by atoms with van der Waals surface area (Å²) in [5.74, 6) is 0.319. The maximum atomic E-state index is 13.0. The molecule has 0 aromatic carbocycles. The van der Waals surface area contributed by atoms with E-state index < -0.39 is 0 Å². The molecule has 25 heavy (non-hydrogen) atoms. The van der Waals surface area contributed by atoms with Crippen LogP contribution in [-0.4, -0.2) is 39.3 Å². The van der Waals surface area contributed by atoms with Gasteiger partial charge in [0, 0.05) is 31.2 Å². The van der Waals surface area contributed by atoms with Gasteiger partial charge in [-0.15, -0.1) is 0 Å². The van der Waals surface area contributed by atoms with Crippen LogP contribution in [0.5, 0.6) is 0 Å². The number of nitrogens with one attached hydrogen (secondary N) is 2. The standard InChI is InChI=1S/C18H21N5O2/c1-3-12(2)23(11-13-5-4-6-19-8-13)18(25)14-7-15-17(20-9-14)21-10-16(24)22-15/h4-9,12H,3,10-11H2,1-2H3,(H,20,21)(H,22,24). The second-order valence-corrected chi connectivity index (χ2v) is 6.07. The van der Waals surface area contributed by atoms with Crippen molar-refractivity contribution >= 4 is 23.3 Å². The third-order valence-electron chi connectivity index (χ3n) is 4.28. The highest BCUT2D eigenvalue weighted by atomic mass is 16.2. The molecule has 2 N–H and O–H groups in total. The second-order valence-electron chi connectivity index (χ2n) is 6.07. The van der Waals surface area contributed by atoms with E-state index in [1.165, 1.54) is 0 Å². The van der Waals surface area contributed by atoms with Crippen molar-refractivity contribution in [2.24, 2.45) is 0 Å². The maximum Gasteiger partial charge on any atom is 0.256 e. The summed E-state index contributed by atoms with van der Waals surface area (Å²) in [7, 11) is 0. The van der Waals surface area contributed by atoms with Gasteiger partial charge in [-0.25, -0.2) is 4.98 Å². The van der Waals surface area contributed by atoms with Gasteiger partial charge in [0.1, 0.15) is 5.82 Å². The number of nitrogens with zero attached hydrogens (tertiary/aromatic N) is 3. The minimum atomic E-state index is -0.145. The van der Waals surface area contributed by atoms with Crippen LogP contribution in [0.1, 0.15) is 36.2 Å². The lowest BCUT2D eigenvalue weighted by Crippen LogP contribution is -2.38. The van der Waals surface area contributed by atoms with Crippen LogP contribution in [0.3, 0.4) is 0 Å². The molecule has 0 saturated heterocycles. The van der Waals surface area contributed by atoms with E-state index in [-0.39, 0.29) is 24.4 Å². The number of pyridine rings is 2. The van der Waals surface area contributed by atoms with Crippen LogP contribution in [-0.2, 0) is 11.3 Å². The summed E-state index contributed by atoms with van der Waals surface area (Å²) in [6.07, 6.45) is 5.85. The van der Waals surface area contributed by atoms with Crippen LogP contribution >= 0.6 is 0 Å². The number of carbonyl (C=O) groups excluding carboxylic acids is 2. The Labute approximate surface area is 146 Å². The molecule has 0 spiro atoms. The molecule has 1 unspecified atom stereocenters. The second kappa shape index (κ2) is 7.29. The van der Waals surface area contributed by atoms with Gasteiger partial charge >= 0.3 is 0 Å². The first kappa shape index (κ1) is 16.9. The van der Waals surface area contributed by atoms with Crippen LogP contribution in [0.2, 0.25) is 0 Å². The van der Waals surface area contributed by atoms with Crippen molar-refractivity contribution < 1.29 is 9.59 Å². The fourth-order valence-corrected chi connectivity index (χ4v) is 2.68. The van der Waals surface area contributed by atoms with E-state index in [1.807, 2.05) is 26.0 Å². The molecule has 2 aromatic rings. The van der Waals surface area contributed by atoms with Gasteiger partial charge in [-0.1, -0.05) is 13.0 Å². The van der Waals surface area contributed by atoms with Crippen LogP contribution < -0.4 is 10.6 Å². The third kappa shape index (κ3) is 3.76. The molecule has 130 valence electrons. The molecule has 3 rings (SSSR count). The zero-order valence-corrected chi connectivity index (χ0v) is 14.3. The van der Waals surface area contributed by atoms with Gasteiger partial charge in [0.05, 0.1) is 17.8 Å². The summed E-state index contributed by atoms with van der Waals surface area (Å²) in [4.78, 5) is 34.8. The van der Waals surface area contributed by atoms with Gasteiger partial charge in [0.25, 0.3) is 5.91 Å². The van der Waals surface area contributed by atoms with Crippen molar-refractivity contribution in [1.29, 1.82) is 0 Å². The van der Waals surface area contributed by atoms with Crippen LogP contribution in [0.4, 0.5) is 11.5 Å². The lowest BCUT2D eigenvalue weighted by Gasteiger charge is -2.29. The molecule has 0 bridgehead atoms. The molecular weight excluding hydrogens is 318 g/mol. The lowest BCUT2D eigenvalue weighted by molar-refractivity contribution is -0.114. The molecule has 1 aliphatic heterocycles. The van der Waals surface area contributed by atoms with E-state index in [0.717, 1.165) is 12.0 Å². The lowest BCUT2D eigenvalue weighted by atomic mass is 10.1. The Bertz CT molecular complexity index is 778. The molecule has 1 atom stereocenters. The first-order valence-corrected chi connectivity index (χ1v) is 8.32. The van der Waals surface area contributed by atoms with Gasteiger partial charge in [0.15, 0.2) is 0 Å². The van der Waals surface area contributed by atoms with Gasteiger partial charge in [-0.2, -0.15) is 0 Å². The molecule has 1 aliphatic rings. The van der Waals surface area contributed by atoms with Crippen molar-refractivity contribution in [3.63, 3.8) is 0 Å². The SMILES string of the molecule is CCC(C)N(Cc1cccnc1)C(=O)c1cnc2c(c1)NC(=O)CN2. The Hall–Kier alpha value is -2.96. The Morgan fingerprint density at radius 3 is 2.96 bits per heavy atom. The number of fused-ring (bicyclic) bond motifs is 1. The molecule has 0 fully saturated rings. The minimum absolute atomic E-state index is 0.0662. The Balaban J connectivity index is 1.87. The summed E-state index contributed by atoms with van der Waals surface area (Å²) in [6, 6.07) is 5.55. The first-order chi connectivity index (χ1) is 12.1. The number of anilines is 2. The maximum absolute atomic E-state index is 13.0. The van der Waals surface area contributed by atoms with Gasteiger partial charge in [-0.05, 0) is 31.0 Å². The first-order valence-electron chi connectivity index (χ1n) is 8.32. The number of hydrogen-bond acceptors (Lipinski definition) is 5. The highest BCUT2D eigenvalue weighted by Gasteiger charge is 2.23. The summed E-state index contributed by atoms with van der Waals surface area (Å²) in [5, 5.41) is 5.67. The molecule has 0 saturated carbocycles. The van der Waals surface area contributed by atoms with Crippen molar-refractivity contribution in [1.82, 2.24) is 14.9 Å². The highest BCUT2D eigenvalue weighted by molar-refractivity contribution is 6.02. The number of rotatable bonds is 5. The Morgan fingerprint density at radius 1 is 1.40 bits per heavy atom. The van der Waals surface area contributed by atoms with Crippen molar-refractivity contribution in [2.45, 2.75) is 32.9 Å². The molecular formula is C18H21N5O2. The Morgan fingerprint density at radius 2 is 2.24 bits per heavy atom. The normalized spacial score (nSPS) is 14.1. The topological polar surface area (TPSA) is 87.2 Å². The summed E-state index contributed by atoms with van der Waals surface area (Å²) in [6.45, 7) is 4.73. The monoisotopic (exact) mass is 339 g/mol. The van der Waals surface area contributed by atoms with Crippen molar-refractivity contribution in [3.05, 3.63) is 47.9 Å². The molecule has 2 aromatic heterocycles. The predicted octanol–water partition coefficient (Wildman–Crippen LogP) is 2.28. The van der Waals surface area contributed by atoms with E-state index in [2.05, 4.69) is 20.6 Å². The number of aromatic nitrogens is 2. The fourth-order valence-electron chi connectivity index (χ4n) is 2.68.